The fraction of sp³-hybridized carbons (Fsp3) is 0.833. The van der Waals surface area contributed by atoms with Gasteiger partial charge in [0.25, 0.3) is 0 Å². The third-order valence-corrected chi connectivity index (χ3v) is 3.63. The number of unbranched alkanes of at least 4 members (excludes halogenated alkanes) is 1. The van der Waals surface area contributed by atoms with Crippen LogP contribution in [0.4, 0.5) is 0 Å². The van der Waals surface area contributed by atoms with E-state index in [-0.39, 0.29) is 18.4 Å². The fourth-order valence-electron chi connectivity index (χ4n) is 2.44. The number of hydrogen-bond acceptors (Lipinski definition) is 4. The van der Waals surface area contributed by atoms with Gasteiger partial charge in [-0.3, -0.25) is 9.59 Å². The van der Waals surface area contributed by atoms with Gasteiger partial charge in [-0.25, -0.2) is 0 Å². The summed E-state index contributed by atoms with van der Waals surface area (Å²) in [6, 6.07) is -0.618. The van der Waals surface area contributed by atoms with Gasteiger partial charge in [-0.05, 0) is 13.3 Å². The molecule has 18 heavy (non-hydrogen) atoms. The first-order valence-corrected chi connectivity index (χ1v) is 6.39. The van der Waals surface area contributed by atoms with Crippen molar-refractivity contribution in [3.8, 4) is 0 Å². The van der Waals surface area contributed by atoms with Gasteiger partial charge in [0.15, 0.2) is 0 Å². The van der Waals surface area contributed by atoms with Crippen LogP contribution < -0.4 is 11.5 Å². The van der Waals surface area contributed by atoms with Crippen LogP contribution in [0.3, 0.4) is 0 Å². The minimum absolute atomic E-state index is 0.0527. The molecule has 104 valence electrons. The summed E-state index contributed by atoms with van der Waals surface area (Å²) in [7, 11) is 0. The second kappa shape index (κ2) is 5.67. The quantitative estimate of drug-likeness (QED) is 0.630. The van der Waals surface area contributed by atoms with Gasteiger partial charge in [-0.2, -0.15) is 0 Å². The Bertz CT molecular complexity index is 333. The van der Waals surface area contributed by atoms with E-state index in [1.165, 1.54) is 4.90 Å². The maximum absolute atomic E-state index is 11.8. The Morgan fingerprint density at radius 1 is 1.56 bits per heavy atom. The number of carbonyl (C=O) groups excluding carboxylic acids is 1. The molecule has 0 bridgehead atoms. The molecular formula is C12H23N3O3. The molecule has 0 aromatic heterocycles. The zero-order valence-electron chi connectivity index (χ0n) is 11.1. The fourth-order valence-corrected chi connectivity index (χ4v) is 2.44. The van der Waals surface area contributed by atoms with Gasteiger partial charge < -0.3 is 21.5 Å². The topological polar surface area (TPSA) is 110 Å². The summed E-state index contributed by atoms with van der Waals surface area (Å²) < 4.78 is 0. The maximum Gasteiger partial charge on any atom is 0.325 e. The van der Waals surface area contributed by atoms with Gasteiger partial charge in [0.2, 0.25) is 5.91 Å². The summed E-state index contributed by atoms with van der Waals surface area (Å²) in [5.74, 6) is -1.47. The third-order valence-electron chi connectivity index (χ3n) is 3.63. The summed E-state index contributed by atoms with van der Waals surface area (Å²) in [5.41, 5.74) is 10.2. The first-order chi connectivity index (χ1) is 8.32. The molecule has 1 aliphatic heterocycles. The molecule has 1 fully saturated rings. The van der Waals surface area contributed by atoms with Crippen molar-refractivity contribution in [3.05, 3.63) is 0 Å². The van der Waals surface area contributed by atoms with Crippen molar-refractivity contribution >= 4 is 11.9 Å². The van der Waals surface area contributed by atoms with Gasteiger partial charge in [-0.15, -0.1) is 0 Å². The van der Waals surface area contributed by atoms with E-state index in [1.54, 1.807) is 6.92 Å². The second-order valence-corrected chi connectivity index (χ2v) is 5.19. The maximum atomic E-state index is 11.8. The number of hydrogen-bond donors (Lipinski definition) is 3. The van der Waals surface area contributed by atoms with Crippen molar-refractivity contribution in [1.29, 1.82) is 0 Å². The number of carboxylic acids is 1. The lowest BCUT2D eigenvalue weighted by molar-refractivity contribution is -0.144. The summed E-state index contributed by atoms with van der Waals surface area (Å²) in [6.45, 7) is 4.08. The summed E-state index contributed by atoms with van der Waals surface area (Å²) >= 11 is 0. The molecule has 1 saturated heterocycles. The molecular weight excluding hydrogens is 234 g/mol. The van der Waals surface area contributed by atoms with Crippen LogP contribution in [0.1, 0.15) is 33.1 Å². The summed E-state index contributed by atoms with van der Waals surface area (Å²) in [5, 5.41) is 9.29. The lowest BCUT2D eigenvalue weighted by atomic mass is 9.84. The standard InChI is InChI=1S/C12H23N3O3/c1-3-4-5-9-6-15(10(16)8(2)13)7-12(9,14)11(17)18/h8-9H,3-7,13-14H2,1-2H3,(H,17,18)/t8-,9-,12-/m0/s1. The number of rotatable bonds is 5. The SMILES string of the molecule is CCCC[C@H]1CN(C(=O)[C@H](C)N)C[C@@]1(N)C(=O)O. The summed E-state index contributed by atoms with van der Waals surface area (Å²) in [6.07, 6.45) is 2.62. The highest BCUT2D eigenvalue weighted by Crippen LogP contribution is 2.30. The molecule has 0 aromatic rings. The Balaban J connectivity index is 2.82. The predicted octanol–water partition coefficient (Wildman–Crippen LogP) is -0.236. The zero-order chi connectivity index (χ0) is 13.9. The van der Waals surface area contributed by atoms with Crippen LogP contribution in [-0.2, 0) is 9.59 Å². The third kappa shape index (κ3) is 2.81. The number of carbonyl (C=O) groups is 2. The molecule has 1 amide bonds. The Kier molecular flexibility index (Phi) is 4.70. The van der Waals surface area contributed by atoms with E-state index in [1.807, 2.05) is 6.92 Å². The van der Waals surface area contributed by atoms with E-state index < -0.39 is 17.6 Å². The number of nitrogens with zero attached hydrogens (tertiary/aromatic N) is 1. The van der Waals surface area contributed by atoms with Gasteiger partial charge in [0, 0.05) is 19.0 Å². The average molecular weight is 257 g/mol. The molecule has 1 rings (SSSR count). The number of likely N-dealkylation sites (tertiary alicyclic amines) is 1. The Morgan fingerprint density at radius 3 is 2.61 bits per heavy atom. The highest BCUT2D eigenvalue weighted by atomic mass is 16.4. The van der Waals surface area contributed by atoms with Gasteiger partial charge in [0.05, 0.1) is 6.04 Å². The average Bonchev–Trinajstić information content (AvgIpc) is 2.64. The van der Waals surface area contributed by atoms with E-state index in [2.05, 4.69) is 0 Å². The van der Waals surface area contributed by atoms with E-state index in [4.69, 9.17) is 11.5 Å². The minimum atomic E-state index is -1.33. The number of aliphatic carboxylic acids is 1. The smallest absolute Gasteiger partial charge is 0.325 e. The minimum Gasteiger partial charge on any atom is -0.480 e. The van der Waals surface area contributed by atoms with E-state index >= 15 is 0 Å². The summed E-state index contributed by atoms with van der Waals surface area (Å²) in [4.78, 5) is 24.7. The molecule has 6 heteroatoms. The molecule has 0 unspecified atom stereocenters. The van der Waals surface area contributed by atoms with Crippen LogP contribution in [0, 0.1) is 5.92 Å². The molecule has 0 spiro atoms. The first-order valence-electron chi connectivity index (χ1n) is 6.39. The molecule has 1 aliphatic rings. The van der Waals surface area contributed by atoms with Crippen LogP contribution in [0.25, 0.3) is 0 Å². The Morgan fingerprint density at radius 2 is 2.17 bits per heavy atom. The van der Waals surface area contributed by atoms with Crippen LogP contribution in [0.15, 0.2) is 0 Å². The first kappa shape index (κ1) is 14.9. The molecule has 0 radical (unpaired) electrons. The van der Waals surface area contributed by atoms with E-state index in [0.29, 0.717) is 6.54 Å². The molecule has 3 atom stereocenters. The van der Waals surface area contributed by atoms with Crippen molar-refractivity contribution in [2.75, 3.05) is 13.1 Å². The Hall–Kier alpha value is -1.14. The molecule has 0 aromatic carbocycles. The number of amides is 1. The lowest BCUT2D eigenvalue weighted by Crippen LogP contribution is -2.55. The molecule has 1 heterocycles. The lowest BCUT2D eigenvalue weighted by Gasteiger charge is -2.25. The molecule has 0 saturated carbocycles. The Labute approximate surface area is 107 Å². The van der Waals surface area contributed by atoms with Crippen LogP contribution in [-0.4, -0.2) is 46.6 Å². The monoisotopic (exact) mass is 257 g/mol. The second-order valence-electron chi connectivity index (χ2n) is 5.19. The predicted molar refractivity (Wildman–Crippen MR) is 67.8 cm³/mol. The van der Waals surface area contributed by atoms with E-state index in [9.17, 15) is 14.7 Å². The number of nitrogens with two attached hydrogens (primary N) is 2. The molecule has 0 aliphatic carbocycles. The van der Waals surface area contributed by atoms with Gasteiger partial charge in [-0.1, -0.05) is 19.8 Å². The number of carboxylic acid groups (broad SMARTS) is 1. The van der Waals surface area contributed by atoms with Crippen LogP contribution in [0.5, 0.6) is 0 Å². The van der Waals surface area contributed by atoms with Crippen molar-refractivity contribution < 1.29 is 14.7 Å². The zero-order valence-corrected chi connectivity index (χ0v) is 11.1. The highest BCUT2D eigenvalue weighted by molar-refractivity contribution is 5.85. The van der Waals surface area contributed by atoms with Crippen molar-refractivity contribution in [2.45, 2.75) is 44.7 Å². The van der Waals surface area contributed by atoms with E-state index in [0.717, 1.165) is 19.3 Å². The van der Waals surface area contributed by atoms with Gasteiger partial charge >= 0.3 is 5.97 Å². The van der Waals surface area contributed by atoms with Crippen LogP contribution >= 0.6 is 0 Å². The normalized spacial score (nSPS) is 29.3. The van der Waals surface area contributed by atoms with Crippen LogP contribution in [0.2, 0.25) is 0 Å². The van der Waals surface area contributed by atoms with Gasteiger partial charge in [0.1, 0.15) is 5.54 Å². The molecule has 5 N–H and O–H groups in total. The molecule has 6 nitrogen and oxygen atoms in total. The van der Waals surface area contributed by atoms with Crippen molar-refractivity contribution in [1.82, 2.24) is 4.90 Å². The van der Waals surface area contributed by atoms with Crippen molar-refractivity contribution in [2.24, 2.45) is 17.4 Å². The van der Waals surface area contributed by atoms with Crippen molar-refractivity contribution in [3.63, 3.8) is 0 Å². The highest BCUT2D eigenvalue weighted by Gasteiger charge is 2.50. The largest absolute Gasteiger partial charge is 0.480 e.